The van der Waals surface area contributed by atoms with Gasteiger partial charge in [0, 0.05) is 31.3 Å². The van der Waals surface area contributed by atoms with Crippen molar-refractivity contribution in [3.8, 4) is 17.1 Å². The molecule has 2 aromatic carbocycles. The van der Waals surface area contributed by atoms with Gasteiger partial charge in [0.05, 0.1) is 37.5 Å². The van der Waals surface area contributed by atoms with E-state index < -0.39 is 0 Å². The van der Waals surface area contributed by atoms with E-state index in [2.05, 4.69) is 4.90 Å². The number of fused-ring (bicyclic) bond motifs is 2. The molecule has 6 nitrogen and oxygen atoms in total. The van der Waals surface area contributed by atoms with Crippen molar-refractivity contribution >= 4 is 21.9 Å². The van der Waals surface area contributed by atoms with Crippen molar-refractivity contribution in [2.45, 2.75) is 6.54 Å². The van der Waals surface area contributed by atoms with Gasteiger partial charge in [-0.25, -0.2) is 0 Å². The van der Waals surface area contributed by atoms with Crippen LogP contribution in [0.1, 0.15) is 5.56 Å². The summed E-state index contributed by atoms with van der Waals surface area (Å²) >= 11 is 0. The van der Waals surface area contributed by atoms with Crippen LogP contribution in [0.5, 0.6) is 5.75 Å². The molecule has 5 rings (SSSR count). The van der Waals surface area contributed by atoms with E-state index in [9.17, 15) is 4.79 Å². The van der Waals surface area contributed by atoms with Crippen molar-refractivity contribution in [1.29, 1.82) is 0 Å². The summed E-state index contributed by atoms with van der Waals surface area (Å²) in [6.45, 7) is 3.62. The van der Waals surface area contributed by atoms with Gasteiger partial charge in [-0.3, -0.25) is 9.69 Å². The first-order valence-corrected chi connectivity index (χ1v) is 9.65. The molecular weight excluding hydrogens is 370 g/mol. The van der Waals surface area contributed by atoms with Crippen LogP contribution >= 0.6 is 0 Å². The number of methoxy groups -OCH3 is 1. The van der Waals surface area contributed by atoms with Gasteiger partial charge in [-0.05, 0) is 6.07 Å². The monoisotopic (exact) mass is 391 g/mol. The molecule has 0 radical (unpaired) electrons. The Bertz CT molecular complexity index is 1220. The summed E-state index contributed by atoms with van der Waals surface area (Å²) < 4.78 is 23.2. The molecule has 0 N–H and O–H groups in total. The molecule has 1 fully saturated rings. The molecule has 1 aliphatic rings. The lowest BCUT2D eigenvalue weighted by molar-refractivity contribution is 0.0343. The second-order valence-electron chi connectivity index (χ2n) is 7.11. The third-order valence-electron chi connectivity index (χ3n) is 5.38. The molecular formula is C23H21NO5. The van der Waals surface area contributed by atoms with Crippen molar-refractivity contribution in [1.82, 2.24) is 4.90 Å². The standard InChI is InChI=1S/C23H21NO5/c1-26-22-16-7-10-28-21(16)17(14-24-8-11-27-12-9-24)23-20(22)18(25)13-19(29-23)15-5-3-2-4-6-15/h2-7,10,13H,8-9,11-12,14H2,1H3. The molecule has 3 heterocycles. The van der Waals surface area contributed by atoms with E-state index in [-0.39, 0.29) is 5.43 Å². The molecule has 0 saturated carbocycles. The minimum Gasteiger partial charge on any atom is -0.495 e. The highest BCUT2D eigenvalue weighted by molar-refractivity contribution is 6.04. The van der Waals surface area contributed by atoms with Crippen LogP contribution in [0.2, 0.25) is 0 Å². The van der Waals surface area contributed by atoms with Gasteiger partial charge in [0.25, 0.3) is 0 Å². The zero-order valence-corrected chi connectivity index (χ0v) is 16.1. The van der Waals surface area contributed by atoms with Crippen LogP contribution < -0.4 is 10.2 Å². The maximum absolute atomic E-state index is 13.2. The first-order valence-electron chi connectivity index (χ1n) is 9.65. The molecule has 148 valence electrons. The number of furan rings is 1. The first kappa shape index (κ1) is 18.0. The third-order valence-corrected chi connectivity index (χ3v) is 5.38. The lowest BCUT2D eigenvalue weighted by Gasteiger charge is -2.27. The van der Waals surface area contributed by atoms with Gasteiger partial charge in [-0.2, -0.15) is 0 Å². The van der Waals surface area contributed by atoms with E-state index >= 15 is 0 Å². The lowest BCUT2D eigenvalue weighted by Crippen LogP contribution is -2.35. The predicted molar refractivity (Wildman–Crippen MR) is 110 cm³/mol. The normalized spacial score (nSPS) is 15.2. The maximum atomic E-state index is 13.2. The Morgan fingerprint density at radius 2 is 1.86 bits per heavy atom. The van der Waals surface area contributed by atoms with Gasteiger partial charge in [0.15, 0.2) is 11.0 Å². The average Bonchev–Trinajstić information content (AvgIpc) is 3.25. The van der Waals surface area contributed by atoms with E-state index in [1.54, 1.807) is 13.4 Å². The number of hydrogen-bond donors (Lipinski definition) is 0. The zero-order valence-electron chi connectivity index (χ0n) is 16.1. The van der Waals surface area contributed by atoms with Gasteiger partial charge in [-0.15, -0.1) is 0 Å². The molecule has 0 atom stereocenters. The minimum atomic E-state index is -0.131. The Morgan fingerprint density at radius 1 is 1.07 bits per heavy atom. The molecule has 0 amide bonds. The van der Waals surface area contributed by atoms with Crippen LogP contribution in [0.4, 0.5) is 0 Å². The van der Waals surface area contributed by atoms with E-state index in [0.29, 0.717) is 47.8 Å². The van der Waals surface area contributed by atoms with Crippen LogP contribution in [0.15, 0.2) is 62.4 Å². The number of nitrogens with zero attached hydrogens (tertiary/aromatic N) is 1. The number of ether oxygens (including phenoxy) is 2. The van der Waals surface area contributed by atoms with Crippen molar-refractivity contribution in [2.24, 2.45) is 0 Å². The number of morpholine rings is 1. The second-order valence-corrected chi connectivity index (χ2v) is 7.11. The SMILES string of the molecule is COc1c2ccoc2c(CN2CCOCC2)c2oc(-c3ccccc3)cc(=O)c12. The van der Waals surface area contributed by atoms with Crippen molar-refractivity contribution in [2.75, 3.05) is 33.4 Å². The fourth-order valence-corrected chi connectivity index (χ4v) is 3.96. The van der Waals surface area contributed by atoms with Gasteiger partial charge >= 0.3 is 0 Å². The van der Waals surface area contributed by atoms with Crippen molar-refractivity contribution in [3.05, 3.63) is 64.5 Å². The summed E-state index contributed by atoms with van der Waals surface area (Å²) in [6, 6.07) is 13.0. The summed E-state index contributed by atoms with van der Waals surface area (Å²) in [4.78, 5) is 15.4. The Morgan fingerprint density at radius 3 is 2.62 bits per heavy atom. The van der Waals surface area contributed by atoms with Crippen molar-refractivity contribution < 1.29 is 18.3 Å². The third kappa shape index (κ3) is 3.10. The molecule has 0 spiro atoms. The highest BCUT2D eigenvalue weighted by Crippen LogP contribution is 2.39. The molecule has 6 heteroatoms. The summed E-state index contributed by atoms with van der Waals surface area (Å²) in [5.41, 5.74) is 2.78. The van der Waals surface area contributed by atoms with E-state index in [0.717, 1.165) is 29.6 Å². The lowest BCUT2D eigenvalue weighted by atomic mass is 10.0. The van der Waals surface area contributed by atoms with Crippen LogP contribution in [0.3, 0.4) is 0 Å². The van der Waals surface area contributed by atoms with Crippen LogP contribution in [-0.4, -0.2) is 38.3 Å². The molecule has 4 aromatic rings. The number of benzene rings is 2. The van der Waals surface area contributed by atoms with Crippen molar-refractivity contribution in [3.63, 3.8) is 0 Å². The van der Waals surface area contributed by atoms with Gasteiger partial charge in [-0.1, -0.05) is 30.3 Å². The predicted octanol–water partition coefficient (Wildman–Crippen LogP) is 4.05. The maximum Gasteiger partial charge on any atom is 0.197 e. The van der Waals surface area contributed by atoms with Gasteiger partial charge < -0.3 is 18.3 Å². The van der Waals surface area contributed by atoms with Crippen LogP contribution in [0.25, 0.3) is 33.3 Å². The van der Waals surface area contributed by atoms with E-state index in [1.165, 1.54) is 6.07 Å². The average molecular weight is 391 g/mol. The van der Waals surface area contributed by atoms with E-state index in [1.807, 2.05) is 36.4 Å². The molecule has 1 saturated heterocycles. The zero-order chi connectivity index (χ0) is 19.8. The van der Waals surface area contributed by atoms with Crippen LogP contribution in [-0.2, 0) is 11.3 Å². The highest BCUT2D eigenvalue weighted by Gasteiger charge is 2.24. The van der Waals surface area contributed by atoms with Crippen LogP contribution in [0, 0.1) is 0 Å². The number of hydrogen-bond acceptors (Lipinski definition) is 6. The second kappa shape index (κ2) is 7.39. The largest absolute Gasteiger partial charge is 0.495 e. The van der Waals surface area contributed by atoms with Gasteiger partial charge in [0.2, 0.25) is 0 Å². The topological polar surface area (TPSA) is 65.1 Å². The summed E-state index contributed by atoms with van der Waals surface area (Å²) in [5, 5.41) is 1.23. The fourth-order valence-electron chi connectivity index (χ4n) is 3.96. The Kier molecular flexibility index (Phi) is 4.58. The quantitative estimate of drug-likeness (QED) is 0.523. The Balaban J connectivity index is 1.80. The molecule has 1 aliphatic heterocycles. The molecule has 29 heavy (non-hydrogen) atoms. The summed E-state index contributed by atoms with van der Waals surface area (Å²) in [7, 11) is 1.56. The first-order chi connectivity index (χ1) is 14.3. The Hall–Kier alpha value is -3.09. The summed E-state index contributed by atoms with van der Waals surface area (Å²) in [6.07, 6.45) is 1.62. The molecule has 2 aromatic heterocycles. The molecule has 0 unspecified atom stereocenters. The molecule has 0 bridgehead atoms. The fraction of sp³-hybridized carbons (Fsp3) is 0.261. The minimum absolute atomic E-state index is 0.131. The van der Waals surface area contributed by atoms with E-state index in [4.69, 9.17) is 18.3 Å². The molecule has 0 aliphatic carbocycles. The summed E-state index contributed by atoms with van der Waals surface area (Å²) in [5.74, 6) is 1.02. The smallest absolute Gasteiger partial charge is 0.197 e. The number of rotatable bonds is 4. The van der Waals surface area contributed by atoms with Gasteiger partial charge in [0.1, 0.15) is 22.5 Å². The highest BCUT2D eigenvalue weighted by atomic mass is 16.5. The Labute approximate surface area is 167 Å².